The van der Waals surface area contributed by atoms with Crippen LogP contribution < -0.4 is 0 Å². The van der Waals surface area contributed by atoms with Crippen LogP contribution in [0.5, 0.6) is 0 Å². The molecule has 0 rings (SSSR count). The molecule has 0 aliphatic heterocycles. The Bertz CT molecular complexity index is 80.7. The van der Waals surface area contributed by atoms with Gasteiger partial charge in [-0.2, -0.15) is 0 Å². The molecule has 21 heavy (non-hydrogen) atoms. The van der Waals surface area contributed by atoms with Gasteiger partial charge in [-0.25, -0.2) is 0 Å². The van der Waals surface area contributed by atoms with Crippen LogP contribution in [-0.2, 0) is 65.4 Å². The molecule has 0 saturated carbocycles. The summed E-state index contributed by atoms with van der Waals surface area (Å²) >= 11 is 0. The Hall–Kier alpha value is 1.16. The summed E-state index contributed by atoms with van der Waals surface area (Å²) in [4.78, 5) is 0. The molecule has 0 spiro atoms. The first-order chi connectivity index (χ1) is 7.83. The molecule has 0 aromatic heterocycles. The Morgan fingerprint density at radius 2 is 0.571 bits per heavy atom. The molecule has 5 radical (unpaired) electrons. The summed E-state index contributed by atoms with van der Waals surface area (Å²) in [7, 11) is 0. The van der Waals surface area contributed by atoms with Crippen molar-refractivity contribution in [3.05, 3.63) is 50.6 Å². The molecule has 0 aliphatic carbocycles. The van der Waals surface area contributed by atoms with E-state index in [-0.39, 0.29) is 87.4 Å². The second kappa shape index (κ2) is 323. The van der Waals surface area contributed by atoms with Gasteiger partial charge in [0.2, 0.25) is 0 Å². The summed E-state index contributed by atoms with van der Waals surface area (Å²) in [6.07, 6.45) is 5.11. The average Bonchev–Trinajstić information content (AvgIpc) is 2.47. The van der Waals surface area contributed by atoms with Gasteiger partial charge >= 0.3 is 0 Å². The Labute approximate surface area is 191 Å². The van der Waals surface area contributed by atoms with Gasteiger partial charge in [0.25, 0.3) is 0 Å². The van der Waals surface area contributed by atoms with Crippen LogP contribution in [0.4, 0.5) is 4.70 Å². The minimum Gasteiger partial charge on any atom is -0.394 e. The fourth-order valence-corrected chi connectivity index (χ4v) is 0. The van der Waals surface area contributed by atoms with E-state index in [9.17, 15) is 0 Å². The van der Waals surface area contributed by atoms with E-state index in [1.54, 1.807) is 0 Å². The third-order valence-electron chi connectivity index (χ3n) is 0.222. The third kappa shape index (κ3) is 777. The molecule has 0 aromatic carbocycles. The largest absolute Gasteiger partial charge is 0.394 e. The normalized spacial score (nSPS) is 3.05. The number of hydrogen-bond acceptors (Lipinski definition) is 0. The molecule has 0 atom stereocenters. The monoisotopic (exact) mass is 452 g/mol. The van der Waals surface area contributed by atoms with Crippen LogP contribution in [-0.4, -0.2) is 8.41 Å². The summed E-state index contributed by atoms with van der Waals surface area (Å²) in [5, 5.41) is 0. The average molecular weight is 452 g/mol. The van der Waals surface area contributed by atoms with Crippen LogP contribution in [0.3, 0.4) is 0 Å². The second-order valence-corrected chi connectivity index (χ2v) is 0.770. The predicted octanol–water partition coefficient (Wildman–Crippen LogP) is 6.68. The summed E-state index contributed by atoms with van der Waals surface area (Å²) in [5.74, 6) is 0. The molecule has 127 valence electrons. The van der Waals surface area contributed by atoms with E-state index < -0.39 is 0 Å². The van der Waals surface area contributed by atoms with E-state index in [0.717, 1.165) is 0 Å². The molecule has 0 saturated heterocycles. The van der Waals surface area contributed by atoms with Gasteiger partial charge in [-0.1, -0.05) is 62.8 Å². The van der Waals surface area contributed by atoms with Crippen molar-refractivity contribution >= 4 is 8.41 Å². The standard InChI is InChI=1S/2C4H4.4C2H6.CH4.B.FH.2Y.H2/c2*1-3-4-2;4*1-2;;;;;;/h2*1-4H;4*1-2H3;1H4;;1H;;;1H/q2*-2;;;;;;;;;;/i;;;;;;;;;;;1+1. The third-order valence-corrected chi connectivity index (χ3v) is 0.222. The molecule has 0 N–H and O–H groups in total. The molecule has 0 fully saturated rings. The van der Waals surface area contributed by atoms with E-state index in [1.807, 2.05) is 55.4 Å². The van der Waals surface area contributed by atoms with Gasteiger partial charge in [-0.05, 0) is 0 Å². The van der Waals surface area contributed by atoms with Crippen LogP contribution in [0.25, 0.3) is 0 Å². The zero-order chi connectivity index (χ0) is 14.8. The number of hydrogen-bond donors (Lipinski definition) is 0. The summed E-state index contributed by atoms with van der Waals surface area (Å²) in [6.45, 7) is 34.9. The van der Waals surface area contributed by atoms with Crippen molar-refractivity contribution in [2.45, 2.75) is 62.8 Å². The van der Waals surface area contributed by atoms with E-state index in [0.29, 0.717) is 0 Å². The molecule has 0 nitrogen and oxygen atoms in total. The van der Waals surface area contributed by atoms with Crippen LogP contribution in [0.1, 0.15) is 64.2 Å². The van der Waals surface area contributed by atoms with Crippen molar-refractivity contribution in [1.29, 1.82) is 0 Å². The molecule has 0 unspecified atom stereocenters. The fourth-order valence-electron chi connectivity index (χ4n) is 0. The van der Waals surface area contributed by atoms with Crippen molar-refractivity contribution in [2.24, 2.45) is 0 Å². The Morgan fingerprint density at radius 3 is 0.571 bits per heavy atom. The fraction of sp³-hybridized carbons (Fsp3) is 0.529. The predicted molar refractivity (Wildman–Crippen MR) is 98.0 cm³/mol. The van der Waals surface area contributed by atoms with E-state index in [1.165, 1.54) is 24.3 Å². The van der Waals surface area contributed by atoms with Crippen LogP contribution in [0.2, 0.25) is 0 Å². The first kappa shape index (κ1) is 79.7. The Kier molecular flexibility index (Phi) is 1220. The SMILES string of the molecule is C.CC.CC.CC.CC.F.[2HH].[B].[CH-]=CC=[CH-].[CH-]=CC=[CH-].[Y].[Y]. The molecule has 0 heterocycles. The van der Waals surface area contributed by atoms with Crippen molar-refractivity contribution in [3.63, 3.8) is 0 Å². The Balaban J connectivity index is -0.00000000533. The van der Waals surface area contributed by atoms with Gasteiger partial charge in [0, 0.05) is 75.3 Å². The maximum atomic E-state index is 4.72. The summed E-state index contributed by atoms with van der Waals surface area (Å²) in [6, 6.07) is 0. The zero-order valence-electron chi connectivity index (χ0n) is 14.8. The minimum absolute atomic E-state index is 0. The first-order valence-electron chi connectivity index (χ1n) is 6.00. The van der Waals surface area contributed by atoms with Crippen molar-refractivity contribution < 1.29 is 71.5 Å². The van der Waals surface area contributed by atoms with Crippen molar-refractivity contribution in [1.82, 2.24) is 0 Å². The maximum Gasteiger partial charge on any atom is 0 e. The molecular formula is C17H39BFY2-4. The van der Waals surface area contributed by atoms with Gasteiger partial charge < -0.3 is 50.6 Å². The topological polar surface area (TPSA) is 0 Å². The van der Waals surface area contributed by atoms with Crippen LogP contribution >= 0.6 is 0 Å². The van der Waals surface area contributed by atoms with Gasteiger partial charge in [0.1, 0.15) is 0 Å². The second-order valence-electron chi connectivity index (χ2n) is 0.770. The number of halogens is 1. The van der Waals surface area contributed by atoms with E-state index in [2.05, 4.69) is 0 Å². The molecule has 0 bridgehead atoms. The maximum absolute atomic E-state index is 4.72. The van der Waals surface area contributed by atoms with E-state index in [4.69, 9.17) is 26.3 Å². The van der Waals surface area contributed by atoms with E-state index >= 15 is 0 Å². The molecular weight excluding hydrogens is 412 g/mol. The van der Waals surface area contributed by atoms with Gasteiger partial charge in [-0.15, -0.1) is 0 Å². The zero-order valence-corrected chi connectivity index (χ0v) is 20.4. The summed E-state index contributed by atoms with van der Waals surface area (Å²) in [5.41, 5.74) is 0. The first-order valence-corrected chi connectivity index (χ1v) is 6.00. The number of allylic oxidation sites excluding steroid dienone is 4. The van der Waals surface area contributed by atoms with Crippen LogP contribution in [0.15, 0.2) is 24.3 Å². The smallest absolute Gasteiger partial charge is 0 e. The molecule has 4 heteroatoms. The summed E-state index contributed by atoms with van der Waals surface area (Å²) < 4.78 is 0. The van der Waals surface area contributed by atoms with Gasteiger partial charge in [0.05, 0.1) is 0 Å². The molecule has 0 aromatic rings. The molecule has 0 amide bonds. The van der Waals surface area contributed by atoms with Crippen LogP contribution in [0, 0.1) is 26.3 Å². The minimum atomic E-state index is 0. The van der Waals surface area contributed by atoms with Crippen molar-refractivity contribution in [2.75, 3.05) is 0 Å². The quantitative estimate of drug-likeness (QED) is 0.249. The van der Waals surface area contributed by atoms with Gasteiger partial charge in [0.15, 0.2) is 0 Å². The van der Waals surface area contributed by atoms with Crippen molar-refractivity contribution in [3.8, 4) is 0 Å². The molecule has 0 aliphatic rings. The Morgan fingerprint density at radius 1 is 0.524 bits per heavy atom. The number of rotatable bonds is 2. The van der Waals surface area contributed by atoms with Gasteiger partial charge in [-0.3, -0.25) is 4.70 Å².